The highest BCUT2D eigenvalue weighted by molar-refractivity contribution is 5.86. The highest BCUT2D eigenvalue weighted by atomic mass is 16.3. The fourth-order valence-corrected chi connectivity index (χ4v) is 2.68. The summed E-state index contributed by atoms with van der Waals surface area (Å²) in [4.78, 5) is 16.5. The van der Waals surface area contributed by atoms with Crippen molar-refractivity contribution in [2.24, 2.45) is 5.73 Å². The van der Waals surface area contributed by atoms with E-state index >= 15 is 0 Å². The number of aromatic nitrogens is 1. The van der Waals surface area contributed by atoms with E-state index < -0.39 is 5.54 Å². The molecule has 1 aliphatic carbocycles. The lowest BCUT2D eigenvalue weighted by Crippen LogP contribution is -2.51. The first-order chi connectivity index (χ1) is 10.2. The molecule has 0 spiro atoms. The summed E-state index contributed by atoms with van der Waals surface area (Å²) in [5, 5.41) is 2.86. The number of hydrogen-bond donors (Lipinski definition) is 2. The van der Waals surface area contributed by atoms with Gasteiger partial charge in [0.05, 0.1) is 17.8 Å². The van der Waals surface area contributed by atoms with Crippen LogP contribution < -0.4 is 11.1 Å². The molecule has 2 aromatic rings. The zero-order valence-corrected chi connectivity index (χ0v) is 11.8. The molecule has 3 rings (SSSR count). The largest absolute Gasteiger partial charge is 0.444 e. The molecular weight excluding hydrogens is 266 g/mol. The van der Waals surface area contributed by atoms with Gasteiger partial charge in [0.2, 0.25) is 11.8 Å². The van der Waals surface area contributed by atoms with Crippen molar-refractivity contribution < 1.29 is 9.21 Å². The predicted octanol–water partition coefficient (Wildman–Crippen LogP) is 2.23. The third-order valence-corrected chi connectivity index (χ3v) is 3.95. The number of carbonyl (C=O) groups is 1. The Kier molecular flexibility index (Phi) is 3.75. The Morgan fingerprint density at radius 3 is 2.71 bits per heavy atom. The number of carbonyl (C=O) groups excluding carboxylic acids is 1. The van der Waals surface area contributed by atoms with Crippen molar-refractivity contribution in [3.63, 3.8) is 0 Å². The van der Waals surface area contributed by atoms with Crippen LogP contribution in [-0.4, -0.2) is 16.4 Å². The number of amides is 1. The summed E-state index contributed by atoms with van der Waals surface area (Å²) < 4.78 is 5.44. The first-order valence-electron chi connectivity index (χ1n) is 7.24. The lowest BCUT2D eigenvalue weighted by Gasteiger charge is -2.21. The van der Waals surface area contributed by atoms with Gasteiger partial charge in [0, 0.05) is 5.56 Å². The molecule has 1 saturated carbocycles. The zero-order valence-electron chi connectivity index (χ0n) is 11.8. The SMILES string of the molecule is NC1(C(=O)NCc2coc(-c3ccccc3)n2)CCCC1. The topological polar surface area (TPSA) is 81.2 Å². The lowest BCUT2D eigenvalue weighted by molar-refractivity contribution is -0.126. The van der Waals surface area contributed by atoms with Crippen molar-refractivity contribution in [1.29, 1.82) is 0 Å². The summed E-state index contributed by atoms with van der Waals surface area (Å²) in [6.07, 6.45) is 5.12. The molecule has 1 aromatic carbocycles. The minimum atomic E-state index is -0.702. The van der Waals surface area contributed by atoms with Crippen LogP contribution in [0.1, 0.15) is 31.4 Å². The third kappa shape index (κ3) is 2.97. The maximum absolute atomic E-state index is 12.1. The van der Waals surface area contributed by atoms with Crippen LogP contribution in [0.25, 0.3) is 11.5 Å². The summed E-state index contributed by atoms with van der Waals surface area (Å²) in [7, 11) is 0. The van der Waals surface area contributed by atoms with E-state index in [1.54, 1.807) is 6.26 Å². The molecule has 0 unspecified atom stereocenters. The molecule has 21 heavy (non-hydrogen) atoms. The average molecular weight is 285 g/mol. The van der Waals surface area contributed by atoms with E-state index in [0.717, 1.165) is 31.2 Å². The van der Waals surface area contributed by atoms with Gasteiger partial charge >= 0.3 is 0 Å². The number of nitrogens with one attached hydrogen (secondary N) is 1. The summed E-state index contributed by atoms with van der Waals surface area (Å²) in [5.74, 6) is 0.465. The van der Waals surface area contributed by atoms with Crippen LogP contribution in [0.3, 0.4) is 0 Å². The van der Waals surface area contributed by atoms with Crippen LogP contribution in [0.2, 0.25) is 0 Å². The highest BCUT2D eigenvalue weighted by Gasteiger charge is 2.36. The van der Waals surface area contributed by atoms with Gasteiger partial charge in [0.25, 0.3) is 0 Å². The Morgan fingerprint density at radius 2 is 2.00 bits per heavy atom. The van der Waals surface area contributed by atoms with Gasteiger partial charge in [-0.25, -0.2) is 4.98 Å². The Bertz CT molecular complexity index is 615. The van der Waals surface area contributed by atoms with E-state index in [1.807, 2.05) is 30.3 Å². The molecule has 0 aliphatic heterocycles. The standard InChI is InChI=1S/C16H19N3O2/c17-16(8-4-5-9-16)15(20)18-10-13-11-21-14(19-13)12-6-2-1-3-7-12/h1-3,6-7,11H,4-5,8-10,17H2,(H,18,20). The zero-order chi connectivity index (χ0) is 14.7. The molecule has 0 radical (unpaired) electrons. The van der Waals surface area contributed by atoms with E-state index in [2.05, 4.69) is 10.3 Å². The summed E-state index contributed by atoms with van der Waals surface area (Å²) in [6, 6.07) is 9.66. The molecule has 110 valence electrons. The van der Waals surface area contributed by atoms with Gasteiger partial charge in [-0.15, -0.1) is 0 Å². The highest BCUT2D eigenvalue weighted by Crippen LogP contribution is 2.27. The Labute approximate surface area is 123 Å². The first kappa shape index (κ1) is 13.8. The fourth-order valence-electron chi connectivity index (χ4n) is 2.68. The van der Waals surface area contributed by atoms with Gasteiger partial charge in [-0.05, 0) is 25.0 Å². The number of nitrogens with zero attached hydrogens (tertiary/aromatic N) is 1. The molecule has 1 aliphatic rings. The van der Waals surface area contributed by atoms with Gasteiger partial charge in [-0.2, -0.15) is 0 Å². The first-order valence-corrected chi connectivity index (χ1v) is 7.24. The monoisotopic (exact) mass is 285 g/mol. The average Bonchev–Trinajstić information content (AvgIpc) is 3.15. The molecule has 1 fully saturated rings. The fraction of sp³-hybridized carbons (Fsp3) is 0.375. The van der Waals surface area contributed by atoms with Gasteiger partial charge in [0.1, 0.15) is 6.26 Å². The number of rotatable bonds is 4. The Hall–Kier alpha value is -2.14. The van der Waals surface area contributed by atoms with Gasteiger partial charge in [0.15, 0.2) is 0 Å². The van der Waals surface area contributed by atoms with Gasteiger partial charge in [-0.3, -0.25) is 4.79 Å². The van der Waals surface area contributed by atoms with E-state index in [0.29, 0.717) is 18.1 Å². The maximum atomic E-state index is 12.1. The maximum Gasteiger partial charge on any atom is 0.240 e. The lowest BCUT2D eigenvalue weighted by atomic mass is 9.98. The predicted molar refractivity (Wildman–Crippen MR) is 79.2 cm³/mol. The molecule has 3 N–H and O–H groups in total. The quantitative estimate of drug-likeness (QED) is 0.902. The second-order valence-electron chi connectivity index (χ2n) is 5.56. The van der Waals surface area contributed by atoms with Crippen molar-refractivity contribution in [1.82, 2.24) is 10.3 Å². The molecular formula is C16H19N3O2. The normalized spacial score (nSPS) is 16.8. The van der Waals surface area contributed by atoms with Crippen LogP contribution in [0.4, 0.5) is 0 Å². The van der Waals surface area contributed by atoms with Crippen molar-refractivity contribution in [2.45, 2.75) is 37.8 Å². The molecule has 0 bridgehead atoms. The van der Waals surface area contributed by atoms with Crippen LogP contribution in [0, 0.1) is 0 Å². The third-order valence-electron chi connectivity index (χ3n) is 3.95. The molecule has 5 nitrogen and oxygen atoms in total. The minimum absolute atomic E-state index is 0.0933. The molecule has 1 amide bonds. The molecule has 5 heteroatoms. The van der Waals surface area contributed by atoms with Crippen molar-refractivity contribution in [3.8, 4) is 11.5 Å². The molecule has 1 heterocycles. The smallest absolute Gasteiger partial charge is 0.240 e. The molecule has 0 saturated heterocycles. The number of benzene rings is 1. The number of hydrogen-bond acceptors (Lipinski definition) is 4. The summed E-state index contributed by atoms with van der Waals surface area (Å²) >= 11 is 0. The van der Waals surface area contributed by atoms with Gasteiger partial charge in [-0.1, -0.05) is 31.0 Å². The molecule has 0 atom stereocenters. The Morgan fingerprint density at radius 1 is 1.29 bits per heavy atom. The number of oxazole rings is 1. The van der Waals surface area contributed by atoms with Crippen LogP contribution in [0.15, 0.2) is 41.0 Å². The summed E-state index contributed by atoms with van der Waals surface area (Å²) in [5.41, 5.74) is 7.02. The molecule has 1 aromatic heterocycles. The van der Waals surface area contributed by atoms with Gasteiger partial charge < -0.3 is 15.5 Å². The van der Waals surface area contributed by atoms with Crippen LogP contribution >= 0.6 is 0 Å². The van der Waals surface area contributed by atoms with Crippen molar-refractivity contribution in [2.75, 3.05) is 0 Å². The second kappa shape index (κ2) is 5.69. The minimum Gasteiger partial charge on any atom is -0.444 e. The van der Waals surface area contributed by atoms with Crippen LogP contribution in [0.5, 0.6) is 0 Å². The van der Waals surface area contributed by atoms with Crippen molar-refractivity contribution >= 4 is 5.91 Å². The van der Waals surface area contributed by atoms with E-state index in [4.69, 9.17) is 10.2 Å². The van der Waals surface area contributed by atoms with E-state index in [1.165, 1.54) is 0 Å². The second-order valence-corrected chi connectivity index (χ2v) is 5.56. The Balaban J connectivity index is 1.62. The van der Waals surface area contributed by atoms with Crippen LogP contribution in [-0.2, 0) is 11.3 Å². The van der Waals surface area contributed by atoms with Crippen molar-refractivity contribution in [3.05, 3.63) is 42.3 Å². The summed E-state index contributed by atoms with van der Waals surface area (Å²) in [6.45, 7) is 0.341. The van der Waals surface area contributed by atoms with E-state index in [9.17, 15) is 4.79 Å². The number of nitrogens with two attached hydrogens (primary N) is 1. The van der Waals surface area contributed by atoms with E-state index in [-0.39, 0.29) is 5.91 Å².